The molecule has 0 radical (unpaired) electrons. The maximum absolute atomic E-state index is 13.2. The number of alkyl halides is 2. The maximum Gasteiger partial charge on any atom is 0.322 e. The van der Waals surface area contributed by atoms with Gasteiger partial charge in [0.15, 0.2) is 6.61 Å². The normalized spacial score (nSPS) is 19.0. The second-order valence-electron chi connectivity index (χ2n) is 11.2. The molecule has 10 nitrogen and oxygen atoms in total. The molecule has 0 saturated carbocycles. The number of ether oxygens (including phenoxy) is 4. The third-order valence-electron chi connectivity index (χ3n) is 8.46. The Morgan fingerprint density at radius 2 is 1.56 bits per heavy atom. The number of carbonyl (C=O) groups is 1. The summed E-state index contributed by atoms with van der Waals surface area (Å²) in [5, 5.41) is 0. The molecule has 0 aliphatic carbocycles. The number of hydrogen-bond acceptors (Lipinski definition) is 9. The zero-order chi connectivity index (χ0) is 31.8. The van der Waals surface area contributed by atoms with Crippen LogP contribution >= 0.6 is 0 Å². The van der Waals surface area contributed by atoms with Crippen molar-refractivity contribution < 1.29 is 32.5 Å². The van der Waals surface area contributed by atoms with Gasteiger partial charge in [-0.15, -0.1) is 0 Å². The molecule has 2 fully saturated rings. The number of benzene rings is 2. The van der Waals surface area contributed by atoms with Gasteiger partial charge in [-0.25, -0.2) is 8.78 Å². The minimum Gasteiger partial charge on any atom is -0.481 e. The van der Waals surface area contributed by atoms with Crippen LogP contribution in [0, 0.1) is 0 Å². The highest BCUT2D eigenvalue weighted by atomic mass is 19.3. The lowest BCUT2D eigenvalue weighted by Gasteiger charge is -2.53. The highest BCUT2D eigenvalue weighted by Crippen LogP contribution is 2.37. The number of fused-ring (bicyclic) bond motifs is 1. The summed E-state index contributed by atoms with van der Waals surface area (Å²) in [5.74, 6) is 0.311. The number of nitrogens with zero attached hydrogens (tertiary/aromatic N) is 5. The van der Waals surface area contributed by atoms with Crippen molar-refractivity contribution in [3.05, 3.63) is 77.4 Å². The van der Waals surface area contributed by atoms with E-state index < -0.39 is 13.0 Å². The van der Waals surface area contributed by atoms with Crippen molar-refractivity contribution >= 4 is 5.91 Å². The molecule has 3 heterocycles. The molecule has 2 aromatic carbocycles. The third kappa shape index (κ3) is 7.86. The summed E-state index contributed by atoms with van der Waals surface area (Å²) in [6.07, 6.45) is -2.35. The van der Waals surface area contributed by atoms with Gasteiger partial charge in [0.2, 0.25) is 17.7 Å². The van der Waals surface area contributed by atoms with Gasteiger partial charge in [0.25, 0.3) is 6.43 Å². The number of methoxy groups -OCH3 is 3. The molecular weight excluding hydrogens is 584 g/mol. The van der Waals surface area contributed by atoms with E-state index in [0.29, 0.717) is 51.3 Å². The first kappa shape index (κ1) is 32.5. The topological polar surface area (TPSA) is 89.5 Å². The standard InChI is InChI=1S/C33H41F2N5O5/c1-42-17-14-29(41)39-15-16-40-25(19-39)18-38(20-26-31(43-2)36-33(44-3)37-32(26)45-22-28(34)35)21-27(40)30(23-10-6-4-7-11-23)24-12-8-5-9-13-24/h4-13,25,27-28,30H,14-22H2,1-3H3. The third-order valence-corrected chi connectivity index (χ3v) is 8.46. The van der Waals surface area contributed by atoms with E-state index in [9.17, 15) is 13.6 Å². The summed E-state index contributed by atoms with van der Waals surface area (Å²) in [6.45, 7) is 3.07. The largest absolute Gasteiger partial charge is 0.481 e. The molecule has 1 amide bonds. The van der Waals surface area contributed by atoms with Crippen molar-refractivity contribution in [1.82, 2.24) is 24.7 Å². The number of aromatic nitrogens is 2. The van der Waals surface area contributed by atoms with Gasteiger partial charge < -0.3 is 23.8 Å². The van der Waals surface area contributed by atoms with E-state index >= 15 is 0 Å². The minimum atomic E-state index is -2.68. The van der Waals surface area contributed by atoms with Gasteiger partial charge in [0, 0.05) is 64.4 Å². The fourth-order valence-corrected chi connectivity index (χ4v) is 6.47. The van der Waals surface area contributed by atoms with Crippen LogP contribution < -0.4 is 14.2 Å². The molecule has 2 aliphatic rings. The van der Waals surface area contributed by atoms with E-state index in [1.807, 2.05) is 17.0 Å². The molecule has 242 valence electrons. The Kier molecular flexibility index (Phi) is 11.1. The quantitative estimate of drug-likeness (QED) is 0.282. The Labute approximate surface area is 262 Å². The molecule has 2 aliphatic heterocycles. The van der Waals surface area contributed by atoms with Crippen LogP contribution in [0.5, 0.6) is 17.8 Å². The second kappa shape index (κ2) is 15.4. The van der Waals surface area contributed by atoms with Crippen LogP contribution in [0.25, 0.3) is 0 Å². The SMILES string of the molecule is COCCC(=O)N1CCN2C(CN(Cc3c(OC)nc(OC)nc3OCC(F)F)CC2C(c2ccccc2)c2ccccc2)C1. The van der Waals surface area contributed by atoms with Crippen molar-refractivity contribution in [2.24, 2.45) is 0 Å². The lowest BCUT2D eigenvalue weighted by Crippen LogP contribution is -2.67. The Morgan fingerprint density at radius 1 is 0.889 bits per heavy atom. The molecule has 2 saturated heterocycles. The fourth-order valence-electron chi connectivity index (χ4n) is 6.47. The summed E-state index contributed by atoms with van der Waals surface area (Å²) in [6, 6.07) is 20.9. The molecule has 0 N–H and O–H groups in total. The number of hydrogen-bond donors (Lipinski definition) is 0. The van der Waals surface area contributed by atoms with Crippen LogP contribution in [0.1, 0.15) is 29.0 Å². The summed E-state index contributed by atoms with van der Waals surface area (Å²) < 4.78 is 47.8. The van der Waals surface area contributed by atoms with Crippen LogP contribution in [-0.4, -0.2) is 116 Å². The Bertz CT molecular complexity index is 1350. The van der Waals surface area contributed by atoms with Crippen molar-refractivity contribution in [3.63, 3.8) is 0 Å². The van der Waals surface area contributed by atoms with Gasteiger partial charge in [0.05, 0.1) is 32.8 Å². The van der Waals surface area contributed by atoms with Gasteiger partial charge >= 0.3 is 6.01 Å². The van der Waals surface area contributed by atoms with E-state index in [4.69, 9.17) is 18.9 Å². The molecule has 0 spiro atoms. The highest BCUT2D eigenvalue weighted by Gasteiger charge is 2.43. The fraction of sp³-hybridized carbons (Fsp3) is 0.485. The maximum atomic E-state index is 13.2. The van der Waals surface area contributed by atoms with E-state index in [0.717, 1.165) is 6.54 Å². The zero-order valence-electron chi connectivity index (χ0n) is 26.0. The Balaban J connectivity index is 1.52. The van der Waals surface area contributed by atoms with E-state index in [-0.39, 0.29) is 41.7 Å². The van der Waals surface area contributed by atoms with Crippen molar-refractivity contribution in [2.45, 2.75) is 37.4 Å². The number of halogens is 2. The molecule has 1 aromatic heterocycles. The molecule has 5 rings (SSSR count). The minimum absolute atomic E-state index is 0.000613. The first-order valence-electron chi connectivity index (χ1n) is 15.2. The summed E-state index contributed by atoms with van der Waals surface area (Å²) in [5.41, 5.74) is 2.85. The summed E-state index contributed by atoms with van der Waals surface area (Å²) in [7, 11) is 4.46. The van der Waals surface area contributed by atoms with Crippen molar-refractivity contribution in [1.29, 1.82) is 0 Å². The summed E-state index contributed by atoms with van der Waals surface area (Å²) >= 11 is 0. The van der Waals surface area contributed by atoms with Crippen LogP contribution in [0.15, 0.2) is 60.7 Å². The highest BCUT2D eigenvalue weighted by molar-refractivity contribution is 5.76. The lowest BCUT2D eigenvalue weighted by molar-refractivity contribution is -0.137. The monoisotopic (exact) mass is 625 g/mol. The molecule has 0 bridgehead atoms. The molecule has 45 heavy (non-hydrogen) atoms. The van der Waals surface area contributed by atoms with E-state index in [1.54, 1.807) is 7.11 Å². The molecule has 2 atom stereocenters. The average molecular weight is 626 g/mol. The van der Waals surface area contributed by atoms with Crippen LogP contribution in [-0.2, 0) is 16.1 Å². The Hall–Kier alpha value is -3.87. The first-order valence-corrected chi connectivity index (χ1v) is 15.2. The van der Waals surface area contributed by atoms with Gasteiger partial charge in [-0.1, -0.05) is 60.7 Å². The van der Waals surface area contributed by atoms with Crippen LogP contribution in [0.2, 0.25) is 0 Å². The van der Waals surface area contributed by atoms with E-state index in [2.05, 4.69) is 68.3 Å². The van der Waals surface area contributed by atoms with Crippen LogP contribution in [0.3, 0.4) is 0 Å². The predicted molar refractivity (Wildman–Crippen MR) is 164 cm³/mol. The van der Waals surface area contributed by atoms with Gasteiger partial charge in [0.1, 0.15) is 0 Å². The number of carbonyl (C=O) groups excluding carboxylic acids is 1. The number of piperazine rings is 2. The number of rotatable bonds is 13. The molecule has 2 unspecified atom stereocenters. The van der Waals surface area contributed by atoms with E-state index in [1.165, 1.54) is 25.3 Å². The Morgan fingerprint density at radius 3 is 2.16 bits per heavy atom. The van der Waals surface area contributed by atoms with Crippen molar-refractivity contribution in [2.75, 3.05) is 67.3 Å². The number of amides is 1. The van der Waals surface area contributed by atoms with Gasteiger partial charge in [-0.3, -0.25) is 14.6 Å². The molecular formula is C33H41F2N5O5. The van der Waals surface area contributed by atoms with Gasteiger partial charge in [-0.2, -0.15) is 9.97 Å². The van der Waals surface area contributed by atoms with Crippen molar-refractivity contribution in [3.8, 4) is 17.8 Å². The molecule has 3 aromatic rings. The zero-order valence-corrected chi connectivity index (χ0v) is 26.0. The average Bonchev–Trinajstić information content (AvgIpc) is 3.07. The smallest absolute Gasteiger partial charge is 0.322 e. The summed E-state index contributed by atoms with van der Waals surface area (Å²) in [4.78, 5) is 28.4. The van der Waals surface area contributed by atoms with Crippen LogP contribution in [0.4, 0.5) is 8.78 Å². The first-order chi connectivity index (χ1) is 21.9. The predicted octanol–water partition coefficient (Wildman–Crippen LogP) is 3.70. The second-order valence-corrected chi connectivity index (χ2v) is 11.2. The van der Waals surface area contributed by atoms with Gasteiger partial charge in [-0.05, 0) is 11.1 Å². The molecule has 12 heteroatoms. The lowest BCUT2D eigenvalue weighted by atomic mass is 9.81.